The number of nitrogens with two attached hydrogens (primary N) is 1. The van der Waals surface area contributed by atoms with Crippen molar-refractivity contribution in [3.05, 3.63) is 22.7 Å². The van der Waals surface area contributed by atoms with Crippen molar-refractivity contribution in [2.75, 3.05) is 7.11 Å². The fourth-order valence-electron chi connectivity index (χ4n) is 1.51. The lowest BCUT2D eigenvalue weighted by Crippen LogP contribution is -2.33. The van der Waals surface area contributed by atoms with Gasteiger partial charge in [-0.05, 0) is 12.5 Å². The number of methoxy groups -OCH3 is 1. The fraction of sp³-hybridized carbons (Fsp3) is 0.417. The van der Waals surface area contributed by atoms with E-state index in [-0.39, 0.29) is 12.4 Å². The summed E-state index contributed by atoms with van der Waals surface area (Å²) in [5.41, 5.74) is 5.66. The topological polar surface area (TPSA) is 81.8 Å². The lowest BCUT2D eigenvalue weighted by atomic mass is 10.2. The normalized spacial score (nSPS) is 12.0. The Kier molecular flexibility index (Phi) is 5.25. The quantitative estimate of drug-likeness (QED) is 0.823. The Hall–Kier alpha value is -1.46. The maximum Gasteiger partial charge on any atom is 0.258 e. The van der Waals surface area contributed by atoms with Crippen LogP contribution < -0.4 is 15.2 Å². The molecule has 0 aromatic heterocycles. The van der Waals surface area contributed by atoms with Crippen LogP contribution in [0.2, 0.25) is 5.02 Å². The molecule has 0 heterocycles. The summed E-state index contributed by atoms with van der Waals surface area (Å²) in [6.45, 7) is 1.50. The third kappa shape index (κ3) is 3.27. The third-order valence-electron chi connectivity index (χ3n) is 2.44. The minimum absolute atomic E-state index is 0.276. The number of carbonyl (C=O) groups is 1. The molecule has 6 heteroatoms. The molecule has 18 heavy (non-hydrogen) atoms. The van der Waals surface area contributed by atoms with Crippen molar-refractivity contribution in [1.29, 1.82) is 0 Å². The van der Waals surface area contributed by atoms with Crippen LogP contribution in [-0.4, -0.2) is 24.2 Å². The van der Waals surface area contributed by atoms with Crippen LogP contribution in [0.1, 0.15) is 18.9 Å². The molecule has 100 valence electrons. The van der Waals surface area contributed by atoms with E-state index in [0.29, 0.717) is 22.8 Å². The van der Waals surface area contributed by atoms with Gasteiger partial charge in [-0.25, -0.2) is 0 Å². The number of hydrogen-bond donors (Lipinski definition) is 2. The van der Waals surface area contributed by atoms with E-state index in [0.717, 1.165) is 0 Å². The molecule has 1 rings (SSSR count). The molecule has 1 aromatic rings. The summed E-state index contributed by atoms with van der Waals surface area (Å²) in [6.07, 6.45) is -0.350. The molecule has 0 saturated heterocycles. The van der Waals surface area contributed by atoms with E-state index in [2.05, 4.69) is 0 Å². The van der Waals surface area contributed by atoms with Crippen molar-refractivity contribution < 1.29 is 19.4 Å². The van der Waals surface area contributed by atoms with E-state index in [9.17, 15) is 9.90 Å². The van der Waals surface area contributed by atoms with Crippen LogP contribution in [0.4, 0.5) is 0 Å². The Bertz CT molecular complexity index is 411. The predicted molar refractivity (Wildman–Crippen MR) is 67.8 cm³/mol. The van der Waals surface area contributed by atoms with Gasteiger partial charge in [0, 0.05) is 16.7 Å². The Balaban J connectivity index is 3.16. The highest BCUT2D eigenvalue weighted by Crippen LogP contribution is 2.35. The van der Waals surface area contributed by atoms with Gasteiger partial charge in [-0.2, -0.15) is 0 Å². The summed E-state index contributed by atoms with van der Waals surface area (Å²) in [6, 6.07) is 3.09. The lowest BCUT2D eigenvalue weighted by Gasteiger charge is -2.19. The average molecular weight is 274 g/mol. The molecular formula is C12H16ClNO4. The zero-order valence-corrected chi connectivity index (χ0v) is 11.0. The summed E-state index contributed by atoms with van der Waals surface area (Å²) >= 11 is 5.87. The van der Waals surface area contributed by atoms with Crippen LogP contribution in [0.3, 0.4) is 0 Å². The molecule has 0 bridgehead atoms. The van der Waals surface area contributed by atoms with Gasteiger partial charge in [-0.1, -0.05) is 18.5 Å². The van der Waals surface area contributed by atoms with Gasteiger partial charge in [-0.15, -0.1) is 0 Å². The second kappa shape index (κ2) is 6.47. The highest BCUT2D eigenvalue weighted by atomic mass is 35.5. The lowest BCUT2D eigenvalue weighted by molar-refractivity contribution is -0.124. The number of amides is 1. The largest absolute Gasteiger partial charge is 0.493 e. The van der Waals surface area contributed by atoms with Gasteiger partial charge in [0.05, 0.1) is 13.7 Å². The first-order valence-corrected chi connectivity index (χ1v) is 5.84. The van der Waals surface area contributed by atoms with Crippen LogP contribution in [-0.2, 0) is 11.4 Å². The van der Waals surface area contributed by atoms with Crippen LogP contribution >= 0.6 is 11.6 Å². The van der Waals surface area contributed by atoms with Crippen molar-refractivity contribution in [3.63, 3.8) is 0 Å². The van der Waals surface area contributed by atoms with Crippen LogP contribution in [0.15, 0.2) is 12.1 Å². The number of hydrogen-bond acceptors (Lipinski definition) is 4. The minimum Gasteiger partial charge on any atom is -0.493 e. The summed E-state index contributed by atoms with van der Waals surface area (Å²) in [7, 11) is 1.45. The second-order valence-electron chi connectivity index (χ2n) is 3.67. The number of benzene rings is 1. The number of halogens is 1. The first-order valence-electron chi connectivity index (χ1n) is 5.46. The predicted octanol–water partition coefficient (Wildman–Crippen LogP) is 1.48. The molecule has 1 unspecified atom stereocenters. The van der Waals surface area contributed by atoms with Gasteiger partial charge >= 0.3 is 0 Å². The number of rotatable bonds is 6. The summed E-state index contributed by atoms with van der Waals surface area (Å²) in [4.78, 5) is 11.2. The number of aliphatic hydroxyl groups excluding tert-OH is 1. The van der Waals surface area contributed by atoms with Crippen molar-refractivity contribution in [2.45, 2.75) is 26.1 Å². The van der Waals surface area contributed by atoms with Crippen LogP contribution in [0.5, 0.6) is 11.5 Å². The Morgan fingerprint density at radius 2 is 2.22 bits per heavy atom. The zero-order valence-electron chi connectivity index (χ0n) is 10.3. The third-order valence-corrected chi connectivity index (χ3v) is 2.65. The van der Waals surface area contributed by atoms with Crippen molar-refractivity contribution >= 4 is 17.5 Å². The Morgan fingerprint density at radius 3 is 2.67 bits per heavy atom. The molecule has 0 aliphatic heterocycles. The van der Waals surface area contributed by atoms with E-state index in [1.54, 1.807) is 19.1 Å². The van der Waals surface area contributed by atoms with E-state index in [1.807, 2.05) is 0 Å². The van der Waals surface area contributed by atoms with Gasteiger partial charge in [0.2, 0.25) is 0 Å². The highest BCUT2D eigenvalue weighted by Gasteiger charge is 2.20. The Morgan fingerprint density at radius 1 is 1.56 bits per heavy atom. The molecule has 0 saturated carbocycles. The van der Waals surface area contributed by atoms with Gasteiger partial charge in [-0.3, -0.25) is 4.79 Å². The molecular weight excluding hydrogens is 258 g/mol. The number of primary amides is 1. The summed E-state index contributed by atoms with van der Waals surface area (Å²) in [5, 5.41) is 9.69. The maximum atomic E-state index is 11.2. The summed E-state index contributed by atoms with van der Waals surface area (Å²) < 4.78 is 10.6. The molecule has 0 aliphatic carbocycles. The van der Waals surface area contributed by atoms with Gasteiger partial charge in [0.15, 0.2) is 17.6 Å². The van der Waals surface area contributed by atoms with E-state index >= 15 is 0 Å². The van der Waals surface area contributed by atoms with Crippen LogP contribution in [0.25, 0.3) is 0 Å². The first kappa shape index (κ1) is 14.6. The molecule has 1 atom stereocenters. The maximum absolute atomic E-state index is 11.2. The SMILES string of the molecule is CCC(Oc1c(CO)cc(Cl)cc1OC)C(N)=O. The van der Waals surface area contributed by atoms with Gasteiger partial charge < -0.3 is 20.3 Å². The zero-order chi connectivity index (χ0) is 13.7. The van der Waals surface area contributed by atoms with E-state index in [4.69, 9.17) is 26.8 Å². The first-order chi connectivity index (χ1) is 8.53. The fourth-order valence-corrected chi connectivity index (χ4v) is 1.74. The van der Waals surface area contributed by atoms with Gasteiger partial charge in [0.1, 0.15) is 0 Å². The molecule has 0 fully saturated rings. The molecule has 0 spiro atoms. The number of ether oxygens (including phenoxy) is 2. The second-order valence-corrected chi connectivity index (χ2v) is 4.11. The number of aliphatic hydroxyl groups is 1. The van der Waals surface area contributed by atoms with Crippen molar-refractivity contribution in [1.82, 2.24) is 0 Å². The van der Waals surface area contributed by atoms with E-state index < -0.39 is 12.0 Å². The summed E-state index contributed by atoms with van der Waals surface area (Å²) in [5.74, 6) is 0.0692. The van der Waals surface area contributed by atoms with Gasteiger partial charge in [0.25, 0.3) is 5.91 Å². The Labute approximate surface area is 110 Å². The van der Waals surface area contributed by atoms with Crippen molar-refractivity contribution in [3.8, 4) is 11.5 Å². The monoisotopic (exact) mass is 273 g/mol. The standard InChI is InChI=1S/C12H16ClNO4/c1-3-9(12(14)16)18-11-7(6-15)4-8(13)5-10(11)17-2/h4-5,9,15H,3,6H2,1-2H3,(H2,14,16). The molecule has 5 nitrogen and oxygen atoms in total. The average Bonchev–Trinajstić information content (AvgIpc) is 2.35. The molecule has 1 amide bonds. The highest BCUT2D eigenvalue weighted by molar-refractivity contribution is 6.30. The van der Waals surface area contributed by atoms with Crippen LogP contribution in [0, 0.1) is 0 Å². The molecule has 0 radical (unpaired) electrons. The minimum atomic E-state index is -0.773. The molecule has 3 N–H and O–H groups in total. The smallest absolute Gasteiger partial charge is 0.258 e. The van der Waals surface area contributed by atoms with E-state index in [1.165, 1.54) is 7.11 Å². The van der Waals surface area contributed by atoms with Crippen molar-refractivity contribution in [2.24, 2.45) is 5.73 Å². The number of carbonyl (C=O) groups excluding carboxylic acids is 1. The molecule has 0 aliphatic rings. The molecule has 1 aromatic carbocycles.